The maximum Gasteiger partial charge on any atom is 0.518 e. The Morgan fingerprint density at radius 2 is 1.86 bits per heavy atom. The van der Waals surface area contributed by atoms with Crippen LogP contribution in [0.2, 0.25) is 0 Å². The zero-order chi connectivity index (χ0) is 11.1. The van der Waals surface area contributed by atoms with Crippen LogP contribution in [-0.2, 0) is 10.0 Å². The minimum Gasteiger partial charge on any atom is -0.195 e. The van der Waals surface area contributed by atoms with E-state index in [4.69, 9.17) is 0 Å². The van der Waals surface area contributed by atoms with E-state index >= 15 is 0 Å². The van der Waals surface area contributed by atoms with Crippen LogP contribution in [0.1, 0.15) is 11.4 Å². The molecule has 1 rings (SSSR count). The predicted octanol–water partition coefficient (Wildman–Crippen LogP) is 1.20. The van der Waals surface area contributed by atoms with Crippen molar-refractivity contribution in [2.45, 2.75) is 19.4 Å². The maximum absolute atomic E-state index is 12.1. The highest BCUT2D eigenvalue weighted by atomic mass is 32.2. The van der Waals surface area contributed by atoms with E-state index in [0.717, 1.165) is 0 Å². The van der Waals surface area contributed by atoms with Gasteiger partial charge in [-0.3, -0.25) is 0 Å². The summed E-state index contributed by atoms with van der Waals surface area (Å²) in [6.07, 6.45) is 0. The van der Waals surface area contributed by atoms with Crippen molar-refractivity contribution in [1.82, 2.24) is 9.19 Å². The number of aryl methyl sites for hydroxylation is 2. The number of rotatable bonds is 1. The highest BCUT2D eigenvalue weighted by Gasteiger charge is 2.48. The lowest BCUT2D eigenvalue weighted by atomic mass is 10.4. The fourth-order valence-corrected chi connectivity index (χ4v) is 1.81. The molecule has 0 radical (unpaired) electrons. The third-order valence-electron chi connectivity index (χ3n) is 1.49. The Labute approximate surface area is 78.4 Å². The first-order valence-electron chi connectivity index (χ1n) is 3.51. The van der Waals surface area contributed by atoms with Crippen LogP contribution in [0.4, 0.5) is 13.2 Å². The molecule has 0 atom stereocenters. The molecule has 0 aliphatic rings. The maximum atomic E-state index is 12.1. The van der Waals surface area contributed by atoms with Gasteiger partial charge >= 0.3 is 15.5 Å². The van der Waals surface area contributed by atoms with Gasteiger partial charge in [0.1, 0.15) is 0 Å². The molecule has 1 aromatic heterocycles. The molecule has 0 aromatic carbocycles. The normalized spacial score (nSPS) is 13.2. The summed E-state index contributed by atoms with van der Waals surface area (Å²) in [7, 11) is -5.38. The average molecular weight is 228 g/mol. The summed E-state index contributed by atoms with van der Waals surface area (Å²) < 4.78 is 57.9. The molecule has 1 aromatic rings. The van der Waals surface area contributed by atoms with Gasteiger partial charge in [-0.15, -0.1) is 0 Å². The smallest absolute Gasteiger partial charge is 0.195 e. The molecule has 0 fully saturated rings. The molecule has 0 saturated carbocycles. The summed E-state index contributed by atoms with van der Waals surface area (Å²) in [5, 5.41) is 3.26. The van der Waals surface area contributed by atoms with Crippen molar-refractivity contribution >= 4 is 10.0 Å². The number of halogens is 3. The molecule has 0 spiro atoms. The van der Waals surface area contributed by atoms with Crippen molar-refractivity contribution in [3.05, 3.63) is 17.5 Å². The average Bonchev–Trinajstić information content (AvgIpc) is 2.27. The summed E-state index contributed by atoms with van der Waals surface area (Å²) in [6.45, 7) is 2.65. The Morgan fingerprint density at radius 3 is 2.14 bits per heavy atom. The molecule has 0 N–H and O–H groups in total. The van der Waals surface area contributed by atoms with Crippen molar-refractivity contribution < 1.29 is 21.6 Å². The predicted molar refractivity (Wildman–Crippen MR) is 42.1 cm³/mol. The van der Waals surface area contributed by atoms with Gasteiger partial charge in [-0.2, -0.15) is 30.8 Å². The molecule has 0 amide bonds. The Kier molecular flexibility index (Phi) is 2.34. The molecule has 0 unspecified atom stereocenters. The summed E-state index contributed by atoms with van der Waals surface area (Å²) in [4.78, 5) is 0. The first kappa shape index (κ1) is 11.0. The van der Waals surface area contributed by atoms with Crippen molar-refractivity contribution in [2.75, 3.05) is 0 Å². The van der Waals surface area contributed by atoms with Gasteiger partial charge in [0.05, 0.1) is 11.4 Å². The third kappa shape index (κ3) is 1.61. The lowest BCUT2D eigenvalue weighted by Crippen LogP contribution is -2.31. The molecule has 8 heteroatoms. The molecule has 14 heavy (non-hydrogen) atoms. The Bertz CT molecular complexity index is 446. The monoisotopic (exact) mass is 228 g/mol. The Morgan fingerprint density at radius 1 is 1.36 bits per heavy atom. The topological polar surface area (TPSA) is 52.0 Å². The van der Waals surface area contributed by atoms with Crippen molar-refractivity contribution in [1.29, 1.82) is 0 Å². The van der Waals surface area contributed by atoms with Crippen molar-refractivity contribution in [3.8, 4) is 0 Å². The molecule has 0 aliphatic carbocycles. The van der Waals surface area contributed by atoms with Crippen LogP contribution in [0.5, 0.6) is 0 Å². The van der Waals surface area contributed by atoms with Crippen LogP contribution in [0, 0.1) is 13.8 Å². The largest absolute Gasteiger partial charge is 0.518 e. The fourth-order valence-electron chi connectivity index (χ4n) is 0.950. The molecule has 4 nitrogen and oxygen atoms in total. The van der Waals surface area contributed by atoms with E-state index in [1.807, 2.05) is 0 Å². The lowest BCUT2D eigenvalue weighted by Gasteiger charge is -2.08. The van der Waals surface area contributed by atoms with Crippen LogP contribution in [0.15, 0.2) is 6.07 Å². The summed E-state index contributed by atoms with van der Waals surface area (Å²) in [5.41, 5.74) is -5.17. The minimum atomic E-state index is -5.38. The second kappa shape index (κ2) is 2.97. The lowest BCUT2D eigenvalue weighted by molar-refractivity contribution is -0.0450. The fraction of sp³-hybridized carbons (Fsp3) is 0.500. The molecular weight excluding hydrogens is 221 g/mol. The van der Waals surface area contributed by atoms with Gasteiger partial charge in [0.25, 0.3) is 0 Å². The van der Waals surface area contributed by atoms with E-state index in [1.165, 1.54) is 19.9 Å². The van der Waals surface area contributed by atoms with Crippen molar-refractivity contribution in [3.63, 3.8) is 0 Å². The van der Waals surface area contributed by atoms with E-state index in [1.54, 1.807) is 0 Å². The first-order valence-corrected chi connectivity index (χ1v) is 4.95. The highest BCUT2D eigenvalue weighted by Crippen LogP contribution is 2.25. The minimum absolute atomic E-state index is 0.0116. The second-order valence-corrected chi connectivity index (χ2v) is 4.48. The van der Waals surface area contributed by atoms with Crippen LogP contribution < -0.4 is 0 Å². The van der Waals surface area contributed by atoms with E-state index in [2.05, 4.69) is 5.10 Å². The Balaban J connectivity index is 3.39. The van der Waals surface area contributed by atoms with Crippen LogP contribution in [-0.4, -0.2) is 23.1 Å². The molecule has 0 bridgehead atoms. The molecule has 0 aliphatic heterocycles. The van der Waals surface area contributed by atoms with E-state index in [0.29, 0.717) is 0 Å². The number of alkyl halides is 3. The molecule has 80 valence electrons. The van der Waals surface area contributed by atoms with E-state index in [9.17, 15) is 21.6 Å². The van der Waals surface area contributed by atoms with E-state index in [-0.39, 0.29) is 15.5 Å². The highest BCUT2D eigenvalue weighted by molar-refractivity contribution is 7.90. The zero-order valence-corrected chi connectivity index (χ0v) is 8.15. The summed E-state index contributed by atoms with van der Waals surface area (Å²) in [6, 6.07) is 1.25. The van der Waals surface area contributed by atoms with Gasteiger partial charge in [0.2, 0.25) is 0 Å². The van der Waals surface area contributed by atoms with Gasteiger partial charge in [-0.1, -0.05) is 0 Å². The number of hydrogen-bond donors (Lipinski definition) is 0. The van der Waals surface area contributed by atoms with Gasteiger partial charge in [0, 0.05) is 0 Å². The van der Waals surface area contributed by atoms with Gasteiger partial charge in [0.15, 0.2) is 0 Å². The third-order valence-corrected chi connectivity index (χ3v) is 2.90. The van der Waals surface area contributed by atoms with Gasteiger partial charge in [-0.25, -0.2) is 0 Å². The molecular formula is C6H7F3N2O2S. The quantitative estimate of drug-likeness (QED) is 0.725. The molecule has 1 heterocycles. The number of nitrogens with zero attached hydrogens (tertiary/aromatic N) is 2. The number of hydrogen-bond acceptors (Lipinski definition) is 3. The van der Waals surface area contributed by atoms with Gasteiger partial charge < -0.3 is 0 Å². The SMILES string of the molecule is Cc1cc(C)n(S(=O)(=O)C(F)(F)F)n1. The first-order chi connectivity index (χ1) is 6.16. The second-order valence-electron chi connectivity index (χ2n) is 2.72. The van der Waals surface area contributed by atoms with Crippen molar-refractivity contribution in [2.24, 2.45) is 0 Å². The van der Waals surface area contributed by atoms with Crippen LogP contribution in [0.3, 0.4) is 0 Å². The van der Waals surface area contributed by atoms with E-state index < -0.39 is 15.5 Å². The zero-order valence-electron chi connectivity index (χ0n) is 7.33. The summed E-state index contributed by atoms with van der Waals surface area (Å²) in [5.74, 6) is 0. The van der Waals surface area contributed by atoms with Gasteiger partial charge in [-0.05, 0) is 19.9 Å². The van der Waals surface area contributed by atoms with Crippen LogP contribution in [0.25, 0.3) is 0 Å². The standard InChI is InChI=1S/C6H7F3N2O2S/c1-4-3-5(2)11(10-4)14(12,13)6(7,8)9/h3H,1-2H3. The number of aromatic nitrogens is 2. The summed E-state index contributed by atoms with van der Waals surface area (Å²) >= 11 is 0. The van der Waals surface area contributed by atoms with Crippen LogP contribution >= 0.6 is 0 Å². The molecule has 0 saturated heterocycles. The Hall–Kier alpha value is -1.05.